The van der Waals surface area contributed by atoms with Crippen LogP contribution in [0, 0.1) is 22.7 Å². The number of nitrogens with one attached hydrogen (secondary N) is 3. The number of benzene rings is 1. The molecule has 218 valence electrons. The van der Waals surface area contributed by atoms with Gasteiger partial charge in [-0.25, -0.2) is 9.78 Å². The quantitative estimate of drug-likeness (QED) is 0.377. The van der Waals surface area contributed by atoms with Gasteiger partial charge in [-0.2, -0.15) is 10.5 Å². The van der Waals surface area contributed by atoms with E-state index in [1.54, 1.807) is 27.7 Å². The third kappa shape index (κ3) is 9.10. The summed E-state index contributed by atoms with van der Waals surface area (Å²) < 4.78 is 5.20. The highest BCUT2D eigenvalue weighted by Gasteiger charge is 2.24. The Morgan fingerprint density at radius 1 is 1.12 bits per heavy atom. The number of thioether (sulfide) groups is 1. The Morgan fingerprint density at radius 3 is 2.44 bits per heavy atom. The van der Waals surface area contributed by atoms with Gasteiger partial charge in [-0.1, -0.05) is 31.2 Å². The highest BCUT2D eigenvalue weighted by Crippen LogP contribution is 2.33. The number of amides is 2. The maximum atomic E-state index is 12.4. The number of rotatable bonds is 9. The predicted octanol–water partition coefficient (Wildman–Crippen LogP) is 4.01. The standard InChI is InChI=1S/C30H39N7O3S/c1-6-23-24(16-31)26(37-14-7-12-33-13-15-37)36-28(25(23)17-32)41-19-22-10-8-21(9-11-22)18-34-27(38)20(2)35-29(39)40-30(3,4)5/h8-11,20,33H,6-7,12-15,18-19H2,1-5H3,(H,34,38)(H,35,39)/t20-/m0/s1. The zero-order valence-corrected chi connectivity index (χ0v) is 25.3. The molecule has 1 aliphatic heterocycles. The predicted molar refractivity (Wildman–Crippen MR) is 159 cm³/mol. The Bertz CT molecular complexity index is 1300. The molecule has 2 heterocycles. The molecule has 1 aromatic carbocycles. The Kier molecular flexibility index (Phi) is 11.4. The van der Waals surface area contributed by atoms with Crippen LogP contribution in [0.5, 0.6) is 0 Å². The minimum atomic E-state index is -0.738. The molecule has 3 N–H and O–H groups in total. The molecule has 0 aliphatic carbocycles. The van der Waals surface area contributed by atoms with Crippen LogP contribution in [0.4, 0.5) is 10.6 Å². The van der Waals surface area contributed by atoms with E-state index in [9.17, 15) is 20.1 Å². The smallest absolute Gasteiger partial charge is 0.408 e. The summed E-state index contributed by atoms with van der Waals surface area (Å²) in [5, 5.41) is 29.3. The van der Waals surface area contributed by atoms with Gasteiger partial charge in [0.05, 0.1) is 11.1 Å². The first kappa shape index (κ1) is 31.7. The number of pyridine rings is 1. The first-order valence-electron chi connectivity index (χ1n) is 13.9. The van der Waals surface area contributed by atoms with E-state index >= 15 is 0 Å². The van der Waals surface area contributed by atoms with E-state index in [2.05, 4.69) is 33.0 Å². The number of hydrogen-bond donors (Lipinski definition) is 3. The minimum absolute atomic E-state index is 0.311. The summed E-state index contributed by atoms with van der Waals surface area (Å²) in [6.45, 7) is 12.5. The zero-order chi connectivity index (χ0) is 30.0. The lowest BCUT2D eigenvalue weighted by molar-refractivity contribution is -0.122. The Balaban J connectivity index is 1.65. The molecule has 1 aromatic heterocycles. The van der Waals surface area contributed by atoms with Crippen LogP contribution < -0.4 is 20.9 Å². The van der Waals surface area contributed by atoms with E-state index < -0.39 is 17.7 Å². The van der Waals surface area contributed by atoms with Gasteiger partial charge in [-0.3, -0.25) is 4.79 Å². The fourth-order valence-corrected chi connectivity index (χ4v) is 5.33. The third-order valence-corrected chi connectivity index (χ3v) is 7.50. The van der Waals surface area contributed by atoms with Crippen LogP contribution in [0.25, 0.3) is 0 Å². The number of carbonyl (C=O) groups excluding carboxylic acids is 2. The van der Waals surface area contributed by atoms with Gasteiger partial charge in [0.15, 0.2) is 0 Å². The number of nitriles is 2. The molecule has 0 spiro atoms. The van der Waals surface area contributed by atoms with E-state index in [4.69, 9.17) is 9.72 Å². The fourth-order valence-electron chi connectivity index (χ4n) is 4.37. The molecule has 1 atom stereocenters. The van der Waals surface area contributed by atoms with Crippen molar-refractivity contribution in [1.29, 1.82) is 10.5 Å². The number of aromatic nitrogens is 1. The van der Waals surface area contributed by atoms with E-state index in [1.165, 1.54) is 11.8 Å². The van der Waals surface area contributed by atoms with Crippen LogP contribution in [0.1, 0.15) is 68.9 Å². The SMILES string of the molecule is CCc1c(C#N)c(SCc2ccc(CNC(=O)[C@H](C)NC(=O)OC(C)(C)C)cc2)nc(N2CCCNCC2)c1C#N. The van der Waals surface area contributed by atoms with Crippen LogP contribution in [-0.4, -0.2) is 54.8 Å². The number of ether oxygens (including phenoxy) is 1. The molecule has 0 saturated carbocycles. The normalized spacial score (nSPS) is 14.3. The molecule has 0 unspecified atom stereocenters. The highest BCUT2D eigenvalue weighted by molar-refractivity contribution is 7.98. The van der Waals surface area contributed by atoms with Gasteiger partial charge in [0.1, 0.15) is 34.6 Å². The number of carbonyl (C=O) groups is 2. The summed E-state index contributed by atoms with van der Waals surface area (Å²) in [6.07, 6.45) is 0.898. The maximum Gasteiger partial charge on any atom is 0.408 e. The molecule has 11 heteroatoms. The number of anilines is 1. The van der Waals surface area contributed by atoms with Gasteiger partial charge in [-0.15, -0.1) is 11.8 Å². The van der Waals surface area contributed by atoms with Crippen molar-refractivity contribution < 1.29 is 14.3 Å². The van der Waals surface area contributed by atoms with Crippen molar-refractivity contribution in [3.05, 3.63) is 52.1 Å². The molecule has 41 heavy (non-hydrogen) atoms. The summed E-state index contributed by atoms with van der Waals surface area (Å²) in [7, 11) is 0. The van der Waals surface area contributed by atoms with Crippen LogP contribution in [0.3, 0.4) is 0 Å². The molecule has 1 fully saturated rings. The number of nitrogens with zero attached hydrogens (tertiary/aromatic N) is 4. The molecule has 10 nitrogen and oxygen atoms in total. The van der Waals surface area contributed by atoms with Gasteiger partial charge in [0, 0.05) is 31.9 Å². The van der Waals surface area contributed by atoms with Crippen molar-refractivity contribution >= 4 is 29.6 Å². The molecule has 1 aliphatic rings. The Hall–Kier alpha value is -3.80. The highest BCUT2D eigenvalue weighted by atomic mass is 32.2. The van der Waals surface area contributed by atoms with Crippen molar-refractivity contribution in [2.24, 2.45) is 0 Å². The number of hydrogen-bond acceptors (Lipinski definition) is 9. The minimum Gasteiger partial charge on any atom is -0.444 e. The van der Waals surface area contributed by atoms with Gasteiger partial charge in [-0.05, 0) is 63.8 Å². The molecule has 2 amide bonds. The van der Waals surface area contributed by atoms with E-state index in [-0.39, 0.29) is 5.91 Å². The molecule has 0 radical (unpaired) electrons. The lowest BCUT2D eigenvalue weighted by atomic mass is 10.0. The largest absolute Gasteiger partial charge is 0.444 e. The average Bonchev–Trinajstić information content (AvgIpc) is 3.22. The first-order chi connectivity index (χ1) is 19.6. The molecule has 2 aromatic rings. The van der Waals surface area contributed by atoms with E-state index in [0.717, 1.165) is 49.3 Å². The van der Waals surface area contributed by atoms with Crippen molar-refractivity contribution in [2.45, 2.75) is 76.4 Å². The second-order valence-corrected chi connectivity index (χ2v) is 11.8. The van der Waals surface area contributed by atoms with Gasteiger partial charge >= 0.3 is 6.09 Å². The summed E-state index contributed by atoms with van der Waals surface area (Å²) in [4.78, 5) is 31.3. The zero-order valence-electron chi connectivity index (χ0n) is 24.5. The summed E-state index contributed by atoms with van der Waals surface area (Å²) >= 11 is 1.49. The van der Waals surface area contributed by atoms with Crippen LogP contribution in [0.15, 0.2) is 29.3 Å². The van der Waals surface area contributed by atoms with Crippen molar-refractivity contribution in [3.8, 4) is 12.1 Å². The first-order valence-corrected chi connectivity index (χ1v) is 14.8. The third-order valence-electron chi connectivity index (χ3n) is 6.46. The summed E-state index contributed by atoms with van der Waals surface area (Å²) in [6, 6.07) is 11.7. The fraction of sp³-hybridized carbons (Fsp3) is 0.500. The van der Waals surface area contributed by atoms with Crippen LogP contribution in [-0.2, 0) is 28.2 Å². The monoisotopic (exact) mass is 577 g/mol. The van der Waals surface area contributed by atoms with Crippen LogP contribution >= 0.6 is 11.8 Å². The second-order valence-electron chi connectivity index (χ2n) is 10.8. The molecule has 1 saturated heterocycles. The molecule has 0 bridgehead atoms. The lowest BCUT2D eigenvalue weighted by Gasteiger charge is -2.24. The van der Waals surface area contributed by atoms with Crippen molar-refractivity contribution in [3.63, 3.8) is 0 Å². The topological polar surface area (TPSA) is 143 Å². The molecule has 3 rings (SSSR count). The number of alkyl carbamates (subject to hydrolysis) is 1. The molecular formula is C30H39N7O3S. The Morgan fingerprint density at radius 2 is 1.80 bits per heavy atom. The van der Waals surface area contributed by atoms with E-state index in [1.807, 2.05) is 31.2 Å². The van der Waals surface area contributed by atoms with Gasteiger partial charge in [0.2, 0.25) is 5.91 Å². The van der Waals surface area contributed by atoms with Gasteiger partial charge < -0.3 is 25.6 Å². The Labute approximate surface area is 246 Å². The van der Waals surface area contributed by atoms with Crippen LogP contribution in [0.2, 0.25) is 0 Å². The van der Waals surface area contributed by atoms with Crippen molar-refractivity contribution in [1.82, 2.24) is 20.9 Å². The average molecular weight is 578 g/mol. The maximum absolute atomic E-state index is 12.4. The van der Waals surface area contributed by atoms with Gasteiger partial charge in [0.25, 0.3) is 0 Å². The summed E-state index contributed by atoms with van der Waals surface area (Å²) in [5.74, 6) is 0.950. The van der Waals surface area contributed by atoms with E-state index in [0.29, 0.717) is 40.7 Å². The molecular weight excluding hydrogens is 538 g/mol. The van der Waals surface area contributed by atoms with Crippen molar-refractivity contribution in [2.75, 3.05) is 31.1 Å². The second kappa shape index (κ2) is 14.7. The summed E-state index contributed by atoms with van der Waals surface area (Å²) in [5.41, 5.74) is 3.03. The lowest BCUT2D eigenvalue weighted by Crippen LogP contribution is -2.46.